The molecule has 2 aromatic carbocycles. The highest BCUT2D eigenvalue weighted by Gasteiger charge is 2.46. The number of benzene rings is 2. The van der Waals surface area contributed by atoms with Gasteiger partial charge in [-0.05, 0) is 43.4 Å². The number of anilines is 1. The van der Waals surface area contributed by atoms with Crippen molar-refractivity contribution in [3.63, 3.8) is 0 Å². The lowest BCUT2D eigenvalue weighted by Crippen LogP contribution is -2.41. The Labute approximate surface area is 147 Å². The highest BCUT2D eigenvalue weighted by Crippen LogP contribution is 2.54. The number of hydrogen-bond acceptors (Lipinski definition) is 3. The molecule has 0 amide bonds. The standard InChI is InChI=1S/C22H22N2O/c1-14-7-6-12-22(13-14)19-20(23)15-8-2-4-10-17(15)24-21(19)16-9-3-5-11-18(16)25-22/h2-5,8-11,14H,6-7,12-13H2,1H3,(H2,23,24). The van der Waals surface area contributed by atoms with Crippen molar-refractivity contribution in [2.24, 2.45) is 5.92 Å². The van der Waals surface area contributed by atoms with Crippen molar-refractivity contribution in [3.8, 4) is 17.0 Å². The van der Waals surface area contributed by atoms with E-state index in [1.54, 1.807) is 0 Å². The Bertz CT molecular complexity index is 981. The summed E-state index contributed by atoms with van der Waals surface area (Å²) in [5.74, 6) is 1.56. The van der Waals surface area contributed by atoms with Gasteiger partial charge in [0.2, 0.25) is 0 Å². The number of pyridine rings is 1. The maximum Gasteiger partial charge on any atom is 0.138 e. The van der Waals surface area contributed by atoms with Crippen LogP contribution in [0.1, 0.15) is 38.2 Å². The lowest BCUT2D eigenvalue weighted by atomic mass is 9.71. The molecule has 25 heavy (non-hydrogen) atoms. The van der Waals surface area contributed by atoms with Crippen LogP contribution in [0.25, 0.3) is 22.2 Å². The van der Waals surface area contributed by atoms with E-state index in [0.717, 1.165) is 58.4 Å². The van der Waals surface area contributed by atoms with E-state index in [1.165, 1.54) is 6.42 Å². The average Bonchev–Trinajstić information content (AvgIpc) is 2.62. The van der Waals surface area contributed by atoms with Gasteiger partial charge < -0.3 is 10.5 Å². The van der Waals surface area contributed by atoms with Gasteiger partial charge in [-0.25, -0.2) is 4.98 Å². The van der Waals surface area contributed by atoms with Gasteiger partial charge in [0.25, 0.3) is 0 Å². The topological polar surface area (TPSA) is 48.1 Å². The molecule has 1 saturated carbocycles. The van der Waals surface area contributed by atoms with Crippen LogP contribution in [0, 0.1) is 5.92 Å². The van der Waals surface area contributed by atoms with Crippen LogP contribution in [0.5, 0.6) is 5.75 Å². The molecule has 0 radical (unpaired) electrons. The maximum atomic E-state index is 6.73. The molecule has 3 aromatic rings. The largest absolute Gasteiger partial charge is 0.482 e. The van der Waals surface area contributed by atoms with Gasteiger partial charge in [0.05, 0.1) is 16.9 Å². The predicted molar refractivity (Wildman–Crippen MR) is 102 cm³/mol. The molecule has 1 aromatic heterocycles. The first kappa shape index (κ1) is 14.8. The van der Waals surface area contributed by atoms with E-state index < -0.39 is 0 Å². The third-order valence-corrected chi connectivity index (χ3v) is 5.79. The average molecular weight is 330 g/mol. The predicted octanol–water partition coefficient (Wildman–Crippen LogP) is 5.28. The van der Waals surface area contributed by atoms with Crippen molar-refractivity contribution in [2.45, 2.75) is 38.2 Å². The number of nitrogen functional groups attached to an aromatic ring is 1. The molecule has 1 spiro atoms. The van der Waals surface area contributed by atoms with Gasteiger partial charge in [-0.3, -0.25) is 0 Å². The Balaban J connectivity index is 1.87. The Kier molecular flexibility index (Phi) is 3.08. The zero-order chi connectivity index (χ0) is 17.0. The fraction of sp³-hybridized carbons (Fsp3) is 0.318. The minimum absolute atomic E-state index is 0.345. The summed E-state index contributed by atoms with van der Waals surface area (Å²) in [7, 11) is 0. The minimum Gasteiger partial charge on any atom is -0.482 e. The van der Waals surface area contributed by atoms with Crippen molar-refractivity contribution < 1.29 is 4.74 Å². The fourth-order valence-corrected chi connectivity index (χ4v) is 4.73. The Morgan fingerprint density at radius 1 is 1.12 bits per heavy atom. The van der Waals surface area contributed by atoms with Gasteiger partial charge in [0, 0.05) is 16.5 Å². The summed E-state index contributed by atoms with van der Waals surface area (Å²) in [6.07, 6.45) is 4.42. The summed E-state index contributed by atoms with van der Waals surface area (Å²) in [5.41, 5.74) is 11.3. The molecule has 0 saturated heterocycles. The van der Waals surface area contributed by atoms with Crippen LogP contribution in [0.3, 0.4) is 0 Å². The number of nitrogens with two attached hydrogens (primary N) is 1. The quantitative estimate of drug-likeness (QED) is 0.610. The Hall–Kier alpha value is -2.55. The van der Waals surface area contributed by atoms with Crippen molar-refractivity contribution >= 4 is 16.6 Å². The number of para-hydroxylation sites is 2. The van der Waals surface area contributed by atoms with Gasteiger partial charge in [-0.15, -0.1) is 0 Å². The van der Waals surface area contributed by atoms with Gasteiger partial charge >= 0.3 is 0 Å². The van der Waals surface area contributed by atoms with Crippen LogP contribution >= 0.6 is 0 Å². The summed E-state index contributed by atoms with van der Waals surface area (Å²) < 4.78 is 6.67. The Morgan fingerprint density at radius 3 is 2.80 bits per heavy atom. The number of hydrogen-bond donors (Lipinski definition) is 1. The second kappa shape index (κ2) is 5.22. The van der Waals surface area contributed by atoms with Crippen LogP contribution in [0.4, 0.5) is 5.69 Å². The van der Waals surface area contributed by atoms with Crippen LogP contribution in [0.2, 0.25) is 0 Å². The first-order valence-electron chi connectivity index (χ1n) is 9.15. The van der Waals surface area contributed by atoms with E-state index in [-0.39, 0.29) is 5.60 Å². The summed E-state index contributed by atoms with van der Waals surface area (Å²) in [6, 6.07) is 16.4. The van der Waals surface area contributed by atoms with Crippen molar-refractivity contribution in [1.29, 1.82) is 0 Å². The second-order valence-electron chi connectivity index (χ2n) is 7.56. The van der Waals surface area contributed by atoms with Gasteiger partial charge in [-0.1, -0.05) is 43.7 Å². The van der Waals surface area contributed by atoms with Gasteiger partial charge in [0.15, 0.2) is 0 Å². The number of aromatic nitrogens is 1. The molecule has 1 aliphatic heterocycles. The molecule has 2 atom stereocenters. The molecular formula is C22H22N2O. The van der Waals surface area contributed by atoms with Crippen molar-refractivity contribution in [3.05, 3.63) is 54.1 Å². The number of fused-ring (bicyclic) bond motifs is 5. The van der Waals surface area contributed by atoms with Crippen LogP contribution in [-0.4, -0.2) is 4.98 Å². The molecule has 3 nitrogen and oxygen atoms in total. The van der Waals surface area contributed by atoms with E-state index in [2.05, 4.69) is 25.1 Å². The number of rotatable bonds is 0. The van der Waals surface area contributed by atoms with Crippen LogP contribution in [-0.2, 0) is 5.60 Å². The number of nitrogens with zero attached hydrogens (tertiary/aromatic N) is 1. The fourth-order valence-electron chi connectivity index (χ4n) is 4.73. The lowest BCUT2D eigenvalue weighted by molar-refractivity contribution is 0.00588. The summed E-state index contributed by atoms with van der Waals surface area (Å²) >= 11 is 0. The third-order valence-electron chi connectivity index (χ3n) is 5.79. The minimum atomic E-state index is -0.345. The molecule has 2 heterocycles. The number of ether oxygens (including phenoxy) is 1. The molecule has 1 aliphatic carbocycles. The summed E-state index contributed by atoms with van der Waals surface area (Å²) in [6.45, 7) is 2.31. The maximum absolute atomic E-state index is 6.73. The SMILES string of the molecule is CC1CCCC2(C1)Oc1ccccc1-c1nc3ccccc3c(N)c12. The third kappa shape index (κ3) is 2.08. The molecule has 2 N–H and O–H groups in total. The summed E-state index contributed by atoms with van der Waals surface area (Å²) in [4.78, 5) is 5.03. The highest BCUT2D eigenvalue weighted by molar-refractivity contribution is 5.97. The second-order valence-corrected chi connectivity index (χ2v) is 7.56. The zero-order valence-electron chi connectivity index (χ0n) is 14.5. The monoisotopic (exact) mass is 330 g/mol. The molecule has 2 aliphatic rings. The molecular weight excluding hydrogens is 308 g/mol. The highest BCUT2D eigenvalue weighted by atomic mass is 16.5. The normalized spacial score (nSPS) is 24.6. The molecule has 0 bridgehead atoms. The van der Waals surface area contributed by atoms with E-state index >= 15 is 0 Å². The molecule has 1 fully saturated rings. The van der Waals surface area contributed by atoms with E-state index in [1.807, 2.05) is 30.3 Å². The molecule has 5 rings (SSSR count). The first-order chi connectivity index (χ1) is 12.2. The summed E-state index contributed by atoms with van der Waals surface area (Å²) in [5, 5.41) is 1.03. The van der Waals surface area contributed by atoms with E-state index in [0.29, 0.717) is 5.92 Å². The van der Waals surface area contributed by atoms with E-state index in [9.17, 15) is 0 Å². The van der Waals surface area contributed by atoms with E-state index in [4.69, 9.17) is 15.5 Å². The zero-order valence-corrected chi connectivity index (χ0v) is 14.5. The van der Waals surface area contributed by atoms with Crippen molar-refractivity contribution in [1.82, 2.24) is 4.98 Å². The molecule has 3 heteroatoms. The van der Waals surface area contributed by atoms with Crippen molar-refractivity contribution in [2.75, 3.05) is 5.73 Å². The van der Waals surface area contributed by atoms with Crippen LogP contribution in [0.15, 0.2) is 48.5 Å². The van der Waals surface area contributed by atoms with Crippen LogP contribution < -0.4 is 10.5 Å². The van der Waals surface area contributed by atoms with Gasteiger partial charge in [-0.2, -0.15) is 0 Å². The molecule has 2 unspecified atom stereocenters. The smallest absolute Gasteiger partial charge is 0.138 e. The van der Waals surface area contributed by atoms with Gasteiger partial charge in [0.1, 0.15) is 11.4 Å². The molecule has 126 valence electrons. The first-order valence-corrected chi connectivity index (χ1v) is 9.15. The Morgan fingerprint density at radius 2 is 1.92 bits per heavy atom. The lowest BCUT2D eigenvalue weighted by Gasteiger charge is -2.45.